The fraction of sp³-hybridized carbons (Fsp3) is 0.333. The third-order valence-electron chi connectivity index (χ3n) is 2.44. The number of rotatable bonds is 4. The van der Waals surface area contributed by atoms with Gasteiger partial charge in [0.2, 0.25) is 0 Å². The summed E-state index contributed by atoms with van der Waals surface area (Å²) in [5.41, 5.74) is 0.496. The van der Waals surface area contributed by atoms with Gasteiger partial charge in [0, 0.05) is 23.1 Å². The van der Waals surface area contributed by atoms with Gasteiger partial charge >= 0.3 is 5.97 Å². The van der Waals surface area contributed by atoms with E-state index in [4.69, 9.17) is 5.11 Å². The molecule has 0 aliphatic heterocycles. The van der Waals surface area contributed by atoms with Crippen molar-refractivity contribution in [3.8, 4) is 0 Å². The van der Waals surface area contributed by atoms with Crippen molar-refractivity contribution in [2.45, 2.75) is 13.8 Å². The molecule has 0 saturated heterocycles. The minimum absolute atomic E-state index is 0.106. The lowest BCUT2D eigenvalue weighted by atomic mass is 10.1. The van der Waals surface area contributed by atoms with Crippen molar-refractivity contribution >= 4 is 27.8 Å². The summed E-state index contributed by atoms with van der Waals surface area (Å²) in [5.74, 6) is -1.20. The van der Waals surface area contributed by atoms with Crippen LogP contribution in [0.15, 0.2) is 22.7 Å². The van der Waals surface area contributed by atoms with Crippen LogP contribution in [0.25, 0.3) is 0 Å². The third-order valence-corrected chi connectivity index (χ3v) is 2.90. The first-order valence-corrected chi connectivity index (χ1v) is 6.12. The lowest BCUT2D eigenvalue weighted by Crippen LogP contribution is -2.30. The van der Waals surface area contributed by atoms with Crippen molar-refractivity contribution in [2.24, 2.45) is 0 Å². The van der Waals surface area contributed by atoms with Crippen LogP contribution in [-0.2, 0) is 0 Å². The lowest BCUT2D eigenvalue weighted by Gasteiger charge is -2.18. The van der Waals surface area contributed by atoms with Crippen LogP contribution < -0.4 is 0 Å². The Morgan fingerprint density at radius 3 is 2.18 bits per heavy atom. The topological polar surface area (TPSA) is 57.6 Å². The number of nitrogens with zero attached hydrogens (tertiary/aromatic N) is 1. The molecule has 92 valence electrons. The molecule has 5 heteroatoms. The second kappa shape index (κ2) is 5.82. The fourth-order valence-corrected chi connectivity index (χ4v) is 2.02. The van der Waals surface area contributed by atoms with E-state index < -0.39 is 5.97 Å². The van der Waals surface area contributed by atoms with Gasteiger partial charge in [-0.25, -0.2) is 4.79 Å². The van der Waals surface area contributed by atoms with Gasteiger partial charge in [-0.3, -0.25) is 4.79 Å². The van der Waals surface area contributed by atoms with Crippen molar-refractivity contribution in [1.29, 1.82) is 0 Å². The van der Waals surface area contributed by atoms with Crippen LogP contribution in [0, 0.1) is 0 Å². The first kappa shape index (κ1) is 13.7. The van der Waals surface area contributed by atoms with Gasteiger partial charge in [-0.1, -0.05) is 15.9 Å². The molecule has 0 unspecified atom stereocenters. The number of carboxylic acid groups (broad SMARTS) is 1. The van der Waals surface area contributed by atoms with Gasteiger partial charge in [0.15, 0.2) is 0 Å². The molecule has 17 heavy (non-hydrogen) atoms. The molecule has 1 aromatic carbocycles. The van der Waals surface area contributed by atoms with Crippen LogP contribution in [0.4, 0.5) is 0 Å². The zero-order valence-electron chi connectivity index (χ0n) is 9.74. The summed E-state index contributed by atoms with van der Waals surface area (Å²) >= 11 is 3.21. The maximum Gasteiger partial charge on any atom is 0.335 e. The van der Waals surface area contributed by atoms with Gasteiger partial charge in [0.25, 0.3) is 5.91 Å². The standard InChI is InChI=1S/C12H14BrNO3/c1-3-14(4-2)11(15)8-5-9(12(16)17)7-10(13)6-8/h5-7H,3-4H2,1-2H3,(H,16,17). The van der Waals surface area contributed by atoms with Gasteiger partial charge in [-0.15, -0.1) is 0 Å². The molecule has 0 aromatic heterocycles. The molecule has 0 spiro atoms. The van der Waals surface area contributed by atoms with Crippen LogP contribution in [0.5, 0.6) is 0 Å². The van der Waals surface area contributed by atoms with Crippen molar-refractivity contribution in [3.05, 3.63) is 33.8 Å². The zero-order valence-corrected chi connectivity index (χ0v) is 11.3. The number of amides is 1. The average molecular weight is 300 g/mol. The van der Waals surface area contributed by atoms with E-state index in [0.717, 1.165) is 0 Å². The first-order valence-electron chi connectivity index (χ1n) is 5.32. The highest BCUT2D eigenvalue weighted by atomic mass is 79.9. The normalized spacial score (nSPS) is 10.1. The number of benzene rings is 1. The number of halogens is 1. The van der Waals surface area contributed by atoms with Gasteiger partial charge in [0.05, 0.1) is 5.56 Å². The Labute approximate surface area is 108 Å². The molecular formula is C12H14BrNO3. The number of hydrogen-bond donors (Lipinski definition) is 1. The summed E-state index contributed by atoms with van der Waals surface area (Å²) in [4.78, 5) is 24.6. The van der Waals surface area contributed by atoms with Crippen LogP contribution in [-0.4, -0.2) is 35.0 Å². The maximum atomic E-state index is 12.0. The molecule has 0 atom stereocenters. The van der Waals surface area contributed by atoms with Gasteiger partial charge in [-0.2, -0.15) is 0 Å². The molecule has 0 saturated carbocycles. The van der Waals surface area contributed by atoms with Crippen molar-refractivity contribution in [2.75, 3.05) is 13.1 Å². The summed E-state index contributed by atoms with van der Waals surface area (Å²) in [5, 5.41) is 8.92. The quantitative estimate of drug-likeness (QED) is 0.930. The summed E-state index contributed by atoms with van der Waals surface area (Å²) in [6.07, 6.45) is 0. The highest BCUT2D eigenvalue weighted by Gasteiger charge is 2.15. The predicted molar refractivity (Wildman–Crippen MR) is 68.4 cm³/mol. The summed E-state index contributed by atoms with van der Waals surface area (Å²) in [7, 11) is 0. The first-order chi connectivity index (χ1) is 7.99. The van der Waals surface area contributed by atoms with E-state index in [1.54, 1.807) is 11.0 Å². The summed E-state index contributed by atoms with van der Waals surface area (Å²) in [6.45, 7) is 4.98. The number of carboxylic acids is 1. The predicted octanol–water partition coefficient (Wildman–Crippen LogP) is 2.63. The molecule has 1 N–H and O–H groups in total. The molecule has 0 aliphatic carbocycles. The Morgan fingerprint density at radius 2 is 1.71 bits per heavy atom. The SMILES string of the molecule is CCN(CC)C(=O)c1cc(Br)cc(C(=O)O)c1. The van der Waals surface area contributed by atoms with Gasteiger partial charge in [-0.05, 0) is 32.0 Å². The second-order valence-electron chi connectivity index (χ2n) is 3.51. The Morgan fingerprint density at radius 1 is 1.18 bits per heavy atom. The number of hydrogen-bond acceptors (Lipinski definition) is 2. The number of carbonyl (C=O) groups is 2. The van der Waals surface area contributed by atoms with E-state index in [0.29, 0.717) is 23.1 Å². The molecule has 1 rings (SSSR count). The van der Waals surface area contributed by atoms with Gasteiger partial charge in [0.1, 0.15) is 0 Å². The number of carbonyl (C=O) groups excluding carboxylic acids is 1. The van der Waals surface area contributed by atoms with Crippen molar-refractivity contribution in [1.82, 2.24) is 4.90 Å². The molecule has 0 aliphatic rings. The molecule has 0 radical (unpaired) electrons. The van der Waals surface area contributed by atoms with E-state index in [9.17, 15) is 9.59 Å². The third kappa shape index (κ3) is 3.30. The average Bonchev–Trinajstić information content (AvgIpc) is 2.29. The molecule has 0 heterocycles. The van der Waals surface area contributed by atoms with Crippen LogP contribution in [0.1, 0.15) is 34.6 Å². The number of aromatic carboxylic acids is 1. The molecule has 0 bridgehead atoms. The molecule has 4 nitrogen and oxygen atoms in total. The smallest absolute Gasteiger partial charge is 0.335 e. The summed E-state index contributed by atoms with van der Waals surface area (Å²) < 4.78 is 0.591. The van der Waals surface area contributed by atoms with Gasteiger partial charge < -0.3 is 10.0 Å². The van der Waals surface area contributed by atoms with Crippen molar-refractivity contribution < 1.29 is 14.7 Å². The minimum atomic E-state index is -1.04. The molecular weight excluding hydrogens is 286 g/mol. The maximum absolute atomic E-state index is 12.0. The monoisotopic (exact) mass is 299 g/mol. The Balaban J connectivity index is 3.13. The largest absolute Gasteiger partial charge is 0.478 e. The second-order valence-corrected chi connectivity index (χ2v) is 4.43. The van der Waals surface area contributed by atoms with E-state index in [1.807, 2.05) is 13.8 Å². The van der Waals surface area contributed by atoms with E-state index in [1.165, 1.54) is 12.1 Å². The van der Waals surface area contributed by atoms with E-state index >= 15 is 0 Å². The van der Waals surface area contributed by atoms with Crippen LogP contribution in [0.3, 0.4) is 0 Å². The summed E-state index contributed by atoms with van der Waals surface area (Å²) in [6, 6.07) is 4.50. The Hall–Kier alpha value is -1.36. The zero-order chi connectivity index (χ0) is 13.0. The fourth-order valence-electron chi connectivity index (χ4n) is 1.53. The Bertz CT molecular complexity index is 441. The van der Waals surface area contributed by atoms with E-state index in [-0.39, 0.29) is 11.5 Å². The Kier molecular flexibility index (Phi) is 4.69. The molecule has 0 fully saturated rings. The highest BCUT2D eigenvalue weighted by Crippen LogP contribution is 2.17. The molecule has 1 aromatic rings. The highest BCUT2D eigenvalue weighted by molar-refractivity contribution is 9.10. The van der Waals surface area contributed by atoms with E-state index in [2.05, 4.69) is 15.9 Å². The minimum Gasteiger partial charge on any atom is -0.478 e. The van der Waals surface area contributed by atoms with Crippen LogP contribution >= 0.6 is 15.9 Å². The lowest BCUT2D eigenvalue weighted by molar-refractivity contribution is 0.0697. The van der Waals surface area contributed by atoms with Crippen molar-refractivity contribution in [3.63, 3.8) is 0 Å². The van der Waals surface area contributed by atoms with Crippen LogP contribution in [0.2, 0.25) is 0 Å². The molecule has 1 amide bonds.